The van der Waals surface area contributed by atoms with Crippen LogP contribution in [0.5, 0.6) is 0 Å². The number of hydrogen-bond donors (Lipinski definition) is 1. The first kappa shape index (κ1) is 34.7. The molecule has 0 heterocycles. The van der Waals surface area contributed by atoms with E-state index in [1.165, 1.54) is 29.2 Å². The van der Waals surface area contributed by atoms with Crippen molar-refractivity contribution >= 4 is 39.1 Å². The molecule has 0 fully saturated rings. The van der Waals surface area contributed by atoms with E-state index >= 15 is 0 Å². The number of halogens is 2. The second-order valence-corrected chi connectivity index (χ2v) is 14.0. The van der Waals surface area contributed by atoms with Crippen molar-refractivity contribution in [2.75, 3.05) is 17.4 Å². The molecule has 2 amide bonds. The molecule has 46 heavy (non-hydrogen) atoms. The molecule has 4 aromatic carbocycles. The normalized spacial score (nSPS) is 12.1. The molecule has 4 aromatic rings. The van der Waals surface area contributed by atoms with Gasteiger partial charge < -0.3 is 10.2 Å². The molecule has 0 aliphatic carbocycles. The highest BCUT2D eigenvalue weighted by Crippen LogP contribution is 2.31. The Hall–Kier alpha value is -4.21. The molecule has 0 aliphatic rings. The van der Waals surface area contributed by atoms with Gasteiger partial charge in [0.05, 0.1) is 10.6 Å². The van der Waals surface area contributed by atoms with Gasteiger partial charge in [-0.1, -0.05) is 91.7 Å². The number of benzene rings is 4. The van der Waals surface area contributed by atoms with Gasteiger partial charge in [-0.3, -0.25) is 13.9 Å². The first-order valence-electron chi connectivity index (χ1n) is 15.1. The zero-order chi connectivity index (χ0) is 33.4. The van der Waals surface area contributed by atoms with Gasteiger partial charge in [-0.25, -0.2) is 12.8 Å². The Labute approximate surface area is 276 Å². The van der Waals surface area contributed by atoms with Crippen LogP contribution in [-0.2, 0) is 32.6 Å². The zero-order valence-electron chi connectivity index (χ0n) is 26.4. The maximum atomic E-state index is 14.5. The van der Waals surface area contributed by atoms with Crippen molar-refractivity contribution in [1.29, 1.82) is 0 Å². The average molecular weight is 664 g/mol. The van der Waals surface area contributed by atoms with E-state index in [0.717, 1.165) is 15.4 Å². The molecule has 0 saturated carbocycles. The van der Waals surface area contributed by atoms with Crippen LogP contribution in [0.25, 0.3) is 0 Å². The summed E-state index contributed by atoms with van der Waals surface area (Å²) in [6, 6.07) is 25.2. The maximum Gasteiger partial charge on any atom is 0.264 e. The fourth-order valence-electron chi connectivity index (χ4n) is 4.98. The van der Waals surface area contributed by atoms with Crippen molar-refractivity contribution in [3.05, 3.63) is 130 Å². The van der Waals surface area contributed by atoms with Gasteiger partial charge in [-0.2, -0.15) is 0 Å². The van der Waals surface area contributed by atoms with E-state index < -0.39 is 34.3 Å². The van der Waals surface area contributed by atoms with E-state index in [0.29, 0.717) is 22.7 Å². The van der Waals surface area contributed by atoms with Gasteiger partial charge in [-0.15, -0.1) is 0 Å². The van der Waals surface area contributed by atoms with Crippen molar-refractivity contribution < 1.29 is 22.4 Å². The maximum absolute atomic E-state index is 14.5. The van der Waals surface area contributed by atoms with E-state index in [-0.39, 0.29) is 35.4 Å². The Morgan fingerprint density at radius 3 is 2.13 bits per heavy atom. The highest BCUT2D eigenvalue weighted by Gasteiger charge is 2.35. The first-order valence-corrected chi connectivity index (χ1v) is 16.9. The monoisotopic (exact) mass is 663 g/mol. The van der Waals surface area contributed by atoms with Crippen LogP contribution in [-0.4, -0.2) is 44.3 Å². The van der Waals surface area contributed by atoms with E-state index in [1.807, 2.05) is 51.1 Å². The van der Waals surface area contributed by atoms with Crippen molar-refractivity contribution in [3.8, 4) is 0 Å². The van der Waals surface area contributed by atoms with E-state index in [9.17, 15) is 22.4 Å². The minimum Gasteiger partial charge on any atom is -0.354 e. The van der Waals surface area contributed by atoms with Crippen LogP contribution in [0.2, 0.25) is 5.02 Å². The fraction of sp³-hybridized carbons (Fsp3) is 0.278. The molecule has 0 unspecified atom stereocenters. The zero-order valence-corrected chi connectivity index (χ0v) is 28.0. The van der Waals surface area contributed by atoms with Crippen molar-refractivity contribution in [1.82, 2.24) is 10.2 Å². The lowest BCUT2D eigenvalue weighted by atomic mass is 10.0. The molecule has 10 heteroatoms. The molecule has 7 nitrogen and oxygen atoms in total. The lowest BCUT2D eigenvalue weighted by Gasteiger charge is -2.34. The van der Waals surface area contributed by atoms with Gasteiger partial charge >= 0.3 is 0 Å². The number of sulfonamides is 1. The largest absolute Gasteiger partial charge is 0.354 e. The van der Waals surface area contributed by atoms with Crippen LogP contribution in [0.15, 0.2) is 102 Å². The lowest BCUT2D eigenvalue weighted by Crippen LogP contribution is -2.53. The summed E-state index contributed by atoms with van der Waals surface area (Å²) in [5.74, 6) is -1.27. The molecule has 0 spiro atoms. The number of nitrogens with one attached hydrogen (secondary N) is 1. The van der Waals surface area contributed by atoms with E-state index in [1.54, 1.807) is 49.4 Å². The lowest BCUT2D eigenvalue weighted by molar-refractivity contribution is -0.140. The number of carbonyl (C=O) groups is 2. The molecule has 0 aromatic heterocycles. The Morgan fingerprint density at radius 2 is 1.50 bits per heavy atom. The molecule has 1 N–H and O–H groups in total. The molecular formula is C36H39ClFN3O4S. The Morgan fingerprint density at radius 1 is 0.848 bits per heavy atom. The van der Waals surface area contributed by atoms with Crippen LogP contribution >= 0.6 is 11.6 Å². The van der Waals surface area contributed by atoms with Gasteiger partial charge in [0.25, 0.3) is 10.0 Å². The molecule has 0 aliphatic heterocycles. The molecule has 4 rings (SSSR count). The number of aryl methyl sites for hydroxylation is 1. The Kier molecular flexibility index (Phi) is 11.6. The third-order valence-electron chi connectivity index (χ3n) is 7.62. The van der Waals surface area contributed by atoms with Crippen LogP contribution in [0.1, 0.15) is 36.1 Å². The molecule has 0 radical (unpaired) electrons. The van der Waals surface area contributed by atoms with Crippen LogP contribution in [0.3, 0.4) is 0 Å². The summed E-state index contributed by atoms with van der Waals surface area (Å²) in [6.45, 7) is 7.19. The second kappa shape index (κ2) is 15.4. The van der Waals surface area contributed by atoms with Gasteiger partial charge in [0.2, 0.25) is 11.8 Å². The standard InChI is InChI=1S/C36H39ClFN3O4S/c1-25(2)22-39-36(43)34(21-28-9-6-5-7-10-28)40(23-29-15-17-30(38)18-16-29)35(42)24-41(33-12-8-11-32(37)27(33)4)46(44,45)31-19-13-26(3)14-20-31/h5-20,25,34H,21-24H2,1-4H3,(H,39,43)/t34-/m1/s1. The third kappa shape index (κ3) is 8.73. The van der Waals surface area contributed by atoms with E-state index in [2.05, 4.69) is 5.32 Å². The minimum atomic E-state index is -4.27. The van der Waals surface area contributed by atoms with Crippen molar-refractivity contribution in [2.45, 2.75) is 51.6 Å². The van der Waals surface area contributed by atoms with Gasteiger partial charge in [0.15, 0.2) is 0 Å². The molecule has 1 atom stereocenters. The Balaban J connectivity index is 1.82. The predicted molar refractivity (Wildman–Crippen MR) is 181 cm³/mol. The predicted octanol–water partition coefficient (Wildman–Crippen LogP) is 6.70. The molecule has 242 valence electrons. The average Bonchev–Trinajstić information content (AvgIpc) is 3.03. The van der Waals surface area contributed by atoms with Gasteiger partial charge in [-0.05, 0) is 72.9 Å². The van der Waals surface area contributed by atoms with Gasteiger partial charge in [0, 0.05) is 24.5 Å². The molecule has 0 saturated heterocycles. The number of nitrogens with zero attached hydrogens (tertiary/aromatic N) is 2. The summed E-state index contributed by atoms with van der Waals surface area (Å²) in [5.41, 5.74) is 3.00. The summed E-state index contributed by atoms with van der Waals surface area (Å²) in [4.78, 5) is 29.8. The minimum absolute atomic E-state index is 0.00544. The van der Waals surface area contributed by atoms with Crippen LogP contribution in [0, 0.1) is 25.6 Å². The van der Waals surface area contributed by atoms with Crippen molar-refractivity contribution in [2.24, 2.45) is 5.92 Å². The number of carbonyl (C=O) groups excluding carboxylic acids is 2. The van der Waals surface area contributed by atoms with Crippen LogP contribution < -0.4 is 9.62 Å². The number of amides is 2. The SMILES string of the molecule is Cc1ccc(S(=O)(=O)N(CC(=O)N(Cc2ccc(F)cc2)[C@H](Cc2ccccc2)C(=O)NCC(C)C)c2cccc(Cl)c2C)cc1. The highest BCUT2D eigenvalue weighted by atomic mass is 35.5. The summed E-state index contributed by atoms with van der Waals surface area (Å²) in [7, 11) is -4.27. The highest BCUT2D eigenvalue weighted by molar-refractivity contribution is 7.92. The molecular weight excluding hydrogens is 625 g/mol. The quantitative estimate of drug-likeness (QED) is 0.172. The summed E-state index contributed by atoms with van der Waals surface area (Å²) in [6.07, 6.45) is 0.179. The summed E-state index contributed by atoms with van der Waals surface area (Å²) in [5, 5.41) is 3.29. The number of rotatable bonds is 13. The fourth-order valence-corrected chi connectivity index (χ4v) is 6.62. The smallest absolute Gasteiger partial charge is 0.264 e. The van der Waals surface area contributed by atoms with E-state index in [4.69, 9.17) is 11.6 Å². The summed E-state index contributed by atoms with van der Waals surface area (Å²) >= 11 is 6.44. The second-order valence-electron chi connectivity index (χ2n) is 11.7. The topological polar surface area (TPSA) is 86.8 Å². The van der Waals surface area contributed by atoms with Crippen LogP contribution in [0.4, 0.5) is 10.1 Å². The summed E-state index contributed by atoms with van der Waals surface area (Å²) < 4.78 is 43.3. The molecule has 0 bridgehead atoms. The first-order chi connectivity index (χ1) is 21.9. The Bertz CT molecular complexity index is 1750. The van der Waals surface area contributed by atoms with Gasteiger partial charge in [0.1, 0.15) is 18.4 Å². The number of anilines is 1. The third-order valence-corrected chi connectivity index (χ3v) is 9.80. The number of hydrogen-bond acceptors (Lipinski definition) is 4. The van der Waals surface area contributed by atoms with Crippen molar-refractivity contribution in [3.63, 3.8) is 0 Å².